The second-order valence-corrected chi connectivity index (χ2v) is 8.58. The van der Waals surface area contributed by atoms with E-state index in [0.717, 1.165) is 0 Å². The number of thioether (sulfide) groups is 2. The summed E-state index contributed by atoms with van der Waals surface area (Å²) < 4.78 is 6.66. The lowest BCUT2D eigenvalue weighted by Gasteiger charge is -2.49. The largest absolute Gasteiger partial charge is 0.346 e. The van der Waals surface area contributed by atoms with Crippen molar-refractivity contribution in [3.05, 3.63) is 35.9 Å². The molecule has 3 atom stereocenters. The number of benzene rings is 1. The van der Waals surface area contributed by atoms with Crippen molar-refractivity contribution >= 4 is 23.5 Å². The molecule has 2 fully saturated rings. The summed E-state index contributed by atoms with van der Waals surface area (Å²) in [6, 6.07) is 10.8. The Bertz CT molecular complexity index is 414. The van der Waals surface area contributed by atoms with Crippen molar-refractivity contribution in [2.24, 2.45) is 11.8 Å². The van der Waals surface area contributed by atoms with Crippen LogP contribution in [0.3, 0.4) is 0 Å². The zero-order valence-electron chi connectivity index (χ0n) is 11.7. The second kappa shape index (κ2) is 5.71. The van der Waals surface area contributed by atoms with Gasteiger partial charge < -0.3 is 4.74 Å². The summed E-state index contributed by atoms with van der Waals surface area (Å²) in [5, 5.41) is 0. The van der Waals surface area contributed by atoms with E-state index < -0.39 is 0 Å². The molecule has 1 nitrogen and oxygen atoms in total. The summed E-state index contributed by atoms with van der Waals surface area (Å²) in [5.74, 6) is 3.73. The molecule has 3 heteroatoms. The van der Waals surface area contributed by atoms with Gasteiger partial charge in [-0.25, -0.2) is 0 Å². The fraction of sp³-hybridized carbons (Fsp3) is 0.625. The highest BCUT2D eigenvalue weighted by Gasteiger charge is 2.47. The maximum absolute atomic E-state index is 6.65. The maximum Gasteiger partial charge on any atom is 0.163 e. The molecule has 0 unspecified atom stereocenters. The number of rotatable bonds is 1. The Morgan fingerprint density at radius 3 is 2.47 bits per heavy atom. The Labute approximate surface area is 124 Å². The molecule has 0 bridgehead atoms. The highest BCUT2D eigenvalue weighted by atomic mass is 32.2. The van der Waals surface area contributed by atoms with Crippen molar-refractivity contribution in [3.8, 4) is 0 Å². The SMILES string of the molecule is C[C@H]1C[C@H](C)C2(O[C@@H]1c1ccccc1)SCCCS2. The van der Waals surface area contributed by atoms with Gasteiger partial charge in [-0.1, -0.05) is 44.2 Å². The molecule has 0 saturated carbocycles. The quantitative estimate of drug-likeness (QED) is 0.725. The molecule has 3 rings (SSSR count). The number of hydrogen-bond donors (Lipinski definition) is 0. The third-order valence-corrected chi connectivity index (χ3v) is 7.65. The summed E-state index contributed by atoms with van der Waals surface area (Å²) in [6.07, 6.45) is 2.84. The molecular formula is C16H22OS2. The van der Waals surface area contributed by atoms with Crippen molar-refractivity contribution in [3.63, 3.8) is 0 Å². The molecule has 2 saturated heterocycles. The minimum atomic E-state index is 0.00523. The normalized spacial score (nSPS) is 34.3. The van der Waals surface area contributed by atoms with Crippen molar-refractivity contribution in [1.82, 2.24) is 0 Å². The molecule has 2 aliphatic rings. The fourth-order valence-corrected chi connectivity index (χ4v) is 6.42. The van der Waals surface area contributed by atoms with Gasteiger partial charge in [0, 0.05) is 5.92 Å². The smallest absolute Gasteiger partial charge is 0.163 e. The molecule has 0 amide bonds. The maximum atomic E-state index is 6.65. The minimum Gasteiger partial charge on any atom is -0.346 e. The molecule has 1 aromatic carbocycles. The van der Waals surface area contributed by atoms with Gasteiger partial charge in [0.05, 0.1) is 6.10 Å². The predicted octanol–water partition coefficient (Wildman–Crippen LogP) is 4.94. The molecule has 19 heavy (non-hydrogen) atoms. The van der Waals surface area contributed by atoms with E-state index >= 15 is 0 Å². The number of hydrogen-bond acceptors (Lipinski definition) is 3. The van der Waals surface area contributed by atoms with E-state index in [1.54, 1.807) is 0 Å². The summed E-state index contributed by atoms with van der Waals surface area (Å²) >= 11 is 4.07. The predicted molar refractivity (Wildman–Crippen MR) is 85.5 cm³/mol. The van der Waals surface area contributed by atoms with Crippen LogP contribution in [0.25, 0.3) is 0 Å². The standard InChI is InChI=1S/C16H22OS2/c1-12-11-13(2)16(18-9-6-10-19-16)17-15(12)14-7-4-3-5-8-14/h3-5,7-8,12-13,15H,6,9-11H2,1-2H3/t12-,13-,15-/m0/s1. The number of ether oxygens (including phenoxy) is 1. The first-order valence-corrected chi connectivity index (χ1v) is 9.19. The van der Waals surface area contributed by atoms with E-state index in [9.17, 15) is 0 Å². The van der Waals surface area contributed by atoms with Crippen LogP contribution in [0.1, 0.15) is 38.4 Å². The van der Waals surface area contributed by atoms with E-state index in [1.165, 1.54) is 29.9 Å². The average molecular weight is 294 g/mol. The zero-order valence-corrected chi connectivity index (χ0v) is 13.3. The van der Waals surface area contributed by atoms with Crippen LogP contribution in [0, 0.1) is 11.8 Å². The lowest BCUT2D eigenvalue weighted by atomic mass is 9.86. The first-order chi connectivity index (χ1) is 9.21. The van der Waals surface area contributed by atoms with Crippen LogP contribution in [-0.2, 0) is 4.74 Å². The highest BCUT2D eigenvalue weighted by molar-refractivity contribution is 8.18. The summed E-state index contributed by atoms with van der Waals surface area (Å²) in [6.45, 7) is 4.70. The van der Waals surface area contributed by atoms with Crippen molar-refractivity contribution < 1.29 is 4.74 Å². The van der Waals surface area contributed by atoms with Gasteiger partial charge in [-0.3, -0.25) is 0 Å². The molecule has 0 aliphatic carbocycles. The fourth-order valence-electron chi connectivity index (χ4n) is 3.16. The third-order valence-electron chi connectivity index (χ3n) is 4.16. The van der Waals surface area contributed by atoms with Crippen LogP contribution in [0.4, 0.5) is 0 Å². The van der Waals surface area contributed by atoms with Gasteiger partial charge >= 0.3 is 0 Å². The Balaban J connectivity index is 1.85. The van der Waals surface area contributed by atoms with Gasteiger partial charge in [-0.05, 0) is 35.8 Å². The molecule has 2 aliphatic heterocycles. The van der Waals surface area contributed by atoms with E-state index in [0.29, 0.717) is 11.8 Å². The van der Waals surface area contributed by atoms with Crippen molar-refractivity contribution in [1.29, 1.82) is 0 Å². The third kappa shape index (κ3) is 2.70. The molecular weight excluding hydrogens is 272 g/mol. The van der Waals surface area contributed by atoms with E-state index in [-0.39, 0.29) is 10.4 Å². The van der Waals surface area contributed by atoms with Gasteiger partial charge in [-0.2, -0.15) is 0 Å². The van der Waals surface area contributed by atoms with Gasteiger partial charge in [0.25, 0.3) is 0 Å². The Morgan fingerprint density at radius 1 is 1.11 bits per heavy atom. The molecule has 0 radical (unpaired) electrons. The first-order valence-electron chi connectivity index (χ1n) is 7.22. The van der Waals surface area contributed by atoms with Gasteiger partial charge in [0.1, 0.15) is 0 Å². The monoisotopic (exact) mass is 294 g/mol. The molecule has 0 aromatic heterocycles. The van der Waals surface area contributed by atoms with Crippen LogP contribution >= 0.6 is 23.5 Å². The van der Waals surface area contributed by atoms with E-state index in [4.69, 9.17) is 4.74 Å². The highest BCUT2D eigenvalue weighted by Crippen LogP contribution is 2.56. The molecule has 1 aromatic rings. The second-order valence-electron chi connectivity index (χ2n) is 5.72. The lowest BCUT2D eigenvalue weighted by Crippen LogP contribution is -2.43. The topological polar surface area (TPSA) is 9.23 Å². The molecule has 1 spiro atoms. The van der Waals surface area contributed by atoms with E-state index in [2.05, 4.69) is 44.2 Å². The van der Waals surface area contributed by atoms with Gasteiger partial charge in [-0.15, -0.1) is 23.5 Å². The zero-order chi connectivity index (χ0) is 13.3. The Morgan fingerprint density at radius 2 is 1.79 bits per heavy atom. The Kier molecular flexibility index (Phi) is 4.16. The first kappa shape index (κ1) is 13.8. The summed E-state index contributed by atoms with van der Waals surface area (Å²) in [5.41, 5.74) is 1.34. The molecule has 104 valence electrons. The lowest BCUT2D eigenvalue weighted by molar-refractivity contribution is -0.0853. The molecule has 0 N–H and O–H groups in total. The van der Waals surface area contributed by atoms with Gasteiger partial charge in [0.2, 0.25) is 0 Å². The van der Waals surface area contributed by atoms with Crippen LogP contribution in [0.15, 0.2) is 30.3 Å². The Hall–Kier alpha value is -0.120. The van der Waals surface area contributed by atoms with E-state index in [1.807, 2.05) is 23.5 Å². The van der Waals surface area contributed by atoms with Crippen LogP contribution < -0.4 is 0 Å². The molecule has 2 heterocycles. The summed E-state index contributed by atoms with van der Waals surface area (Å²) in [4.78, 5) is 0. The van der Waals surface area contributed by atoms with Crippen LogP contribution in [-0.4, -0.2) is 15.8 Å². The van der Waals surface area contributed by atoms with Crippen LogP contribution in [0.5, 0.6) is 0 Å². The summed E-state index contributed by atoms with van der Waals surface area (Å²) in [7, 11) is 0. The van der Waals surface area contributed by atoms with Crippen molar-refractivity contribution in [2.75, 3.05) is 11.5 Å². The van der Waals surface area contributed by atoms with Gasteiger partial charge in [0.15, 0.2) is 4.27 Å². The average Bonchev–Trinajstić information content (AvgIpc) is 2.45. The van der Waals surface area contributed by atoms with Crippen LogP contribution in [0.2, 0.25) is 0 Å². The minimum absolute atomic E-state index is 0.00523. The van der Waals surface area contributed by atoms with Crippen molar-refractivity contribution in [2.45, 2.75) is 37.1 Å².